The van der Waals surface area contributed by atoms with Crippen molar-refractivity contribution in [3.05, 3.63) is 60.2 Å². The topological polar surface area (TPSA) is 44.7 Å². The van der Waals surface area contributed by atoms with E-state index < -0.39 is 0 Å². The SMILES string of the molecule is CC(C)(CO)[C@H](c1ccc(Oc2ccccc2)cc1)N1CCNCC1. The lowest BCUT2D eigenvalue weighted by Crippen LogP contribution is -2.49. The van der Waals surface area contributed by atoms with Crippen molar-refractivity contribution in [2.45, 2.75) is 19.9 Å². The lowest BCUT2D eigenvalue weighted by molar-refractivity contribution is 0.0305. The summed E-state index contributed by atoms with van der Waals surface area (Å²) >= 11 is 0. The minimum Gasteiger partial charge on any atom is -0.457 e. The smallest absolute Gasteiger partial charge is 0.127 e. The third-order valence-electron chi connectivity index (χ3n) is 4.84. The maximum atomic E-state index is 9.94. The van der Waals surface area contributed by atoms with Crippen LogP contribution in [0.3, 0.4) is 0 Å². The van der Waals surface area contributed by atoms with Crippen LogP contribution in [0.2, 0.25) is 0 Å². The van der Waals surface area contributed by atoms with Gasteiger partial charge in [-0.1, -0.05) is 44.2 Å². The van der Waals surface area contributed by atoms with Crippen molar-refractivity contribution in [3.63, 3.8) is 0 Å². The summed E-state index contributed by atoms with van der Waals surface area (Å²) < 4.78 is 5.90. The molecule has 1 heterocycles. The maximum Gasteiger partial charge on any atom is 0.127 e. The first-order chi connectivity index (χ1) is 12.1. The van der Waals surface area contributed by atoms with E-state index in [1.165, 1.54) is 5.56 Å². The van der Waals surface area contributed by atoms with Crippen LogP contribution < -0.4 is 10.1 Å². The van der Waals surface area contributed by atoms with Gasteiger partial charge in [0.15, 0.2) is 0 Å². The Morgan fingerprint density at radius 1 is 1.00 bits per heavy atom. The van der Waals surface area contributed by atoms with Crippen molar-refractivity contribution < 1.29 is 9.84 Å². The Kier molecular flexibility index (Phi) is 5.74. The van der Waals surface area contributed by atoms with Crippen LogP contribution >= 0.6 is 0 Å². The van der Waals surface area contributed by atoms with E-state index in [1.807, 2.05) is 42.5 Å². The molecule has 2 aromatic carbocycles. The number of piperazine rings is 1. The van der Waals surface area contributed by atoms with Crippen LogP contribution in [-0.2, 0) is 0 Å². The highest BCUT2D eigenvalue weighted by Crippen LogP contribution is 2.39. The quantitative estimate of drug-likeness (QED) is 0.845. The number of nitrogens with one attached hydrogen (secondary N) is 1. The lowest BCUT2D eigenvalue weighted by atomic mass is 9.79. The molecule has 0 aliphatic carbocycles. The number of hydrogen-bond donors (Lipinski definition) is 2. The molecule has 0 radical (unpaired) electrons. The molecule has 1 aliphatic rings. The fourth-order valence-electron chi connectivity index (χ4n) is 3.53. The van der Waals surface area contributed by atoms with E-state index in [2.05, 4.69) is 36.2 Å². The van der Waals surface area contributed by atoms with Crippen LogP contribution in [0.5, 0.6) is 11.5 Å². The van der Waals surface area contributed by atoms with Crippen molar-refractivity contribution in [2.75, 3.05) is 32.8 Å². The predicted octanol–water partition coefficient (Wildman–Crippen LogP) is 3.44. The Hall–Kier alpha value is -1.88. The molecule has 25 heavy (non-hydrogen) atoms. The molecule has 1 fully saturated rings. The summed E-state index contributed by atoms with van der Waals surface area (Å²) in [5.41, 5.74) is 1.01. The van der Waals surface area contributed by atoms with E-state index in [1.54, 1.807) is 0 Å². The molecule has 1 saturated heterocycles. The predicted molar refractivity (Wildman–Crippen MR) is 101 cm³/mol. The van der Waals surface area contributed by atoms with Crippen LogP contribution in [-0.4, -0.2) is 42.8 Å². The number of aliphatic hydroxyl groups is 1. The van der Waals surface area contributed by atoms with Gasteiger partial charge in [0.2, 0.25) is 0 Å². The van der Waals surface area contributed by atoms with Gasteiger partial charge in [-0.2, -0.15) is 0 Å². The molecule has 134 valence electrons. The van der Waals surface area contributed by atoms with E-state index in [0.29, 0.717) is 0 Å². The Bertz CT molecular complexity index is 649. The Labute approximate surface area is 150 Å². The molecule has 2 N–H and O–H groups in total. The van der Waals surface area contributed by atoms with Crippen LogP contribution in [0.25, 0.3) is 0 Å². The second kappa shape index (κ2) is 8.00. The fraction of sp³-hybridized carbons (Fsp3) is 0.429. The number of nitrogens with zero attached hydrogens (tertiary/aromatic N) is 1. The summed E-state index contributed by atoms with van der Waals surface area (Å²) in [6.07, 6.45) is 0. The molecular weight excluding hydrogens is 312 g/mol. The molecule has 0 spiro atoms. The molecule has 2 aromatic rings. The minimum atomic E-state index is -0.209. The highest BCUT2D eigenvalue weighted by atomic mass is 16.5. The first-order valence-electron chi connectivity index (χ1n) is 8.99. The lowest BCUT2D eigenvalue weighted by Gasteiger charge is -2.43. The zero-order valence-corrected chi connectivity index (χ0v) is 15.1. The molecule has 0 unspecified atom stereocenters. The van der Waals surface area contributed by atoms with Gasteiger partial charge in [-0.25, -0.2) is 0 Å². The van der Waals surface area contributed by atoms with Crippen molar-refractivity contribution >= 4 is 0 Å². The van der Waals surface area contributed by atoms with E-state index in [4.69, 9.17) is 4.74 Å². The van der Waals surface area contributed by atoms with Gasteiger partial charge in [0.25, 0.3) is 0 Å². The molecule has 0 bridgehead atoms. The summed E-state index contributed by atoms with van der Waals surface area (Å²) in [7, 11) is 0. The van der Waals surface area contributed by atoms with Gasteiger partial charge in [0.1, 0.15) is 11.5 Å². The minimum absolute atomic E-state index is 0.157. The first-order valence-corrected chi connectivity index (χ1v) is 8.99. The van der Waals surface area contributed by atoms with Gasteiger partial charge in [-0.3, -0.25) is 4.90 Å². The van der Waals surface area contributed by atoms with Crippen LogP contribution in [0.15, 0.2) is 54.6 Å². The third kappa shape index (κ3) is 4.40. The number of para-hydroxylation sites is 1. The molecule has 4 nitrogen and oxygen atoms in total. The zero-order chi connectivity index (χ0) is 17.7. The van der Waals surface area contributed by atoms with Crippen molar-refractivity contribution in [3.8, 4) is 11.5 Å². The van der Waals surface area contributed by atoms with Crippen molar-refractivity contribution in [2.24, 2.45) is 5.41 Å². The van der Waals surface area contributed by atoms with Gasteiger partial charge in [0, 0.05) is 44.2 Å². The van der Waals surface area contributed by atoms with E-state index in [9.17, 15) is 5.11 Å². The Morgan fingerprint density at radius 2 is 1.60 bits per heavy atom. The van der Waals surface area contributed by atoms with Crippen molar-refractivity contribution in [1.29, 1.82) is 0 Å². The van der Waals surface area contributed by atoms with E-state index in [-0.39, 0.29) is 18.1 Å². The summed E-state index contributed by atoms with van der Waals surface area (Å²) in [6.45, 7) is 8.40. The second-order valence-corrected chi connectivity index (χ2v) is 7.32. The largest absolute Gasteiger partial charge is 0.457 e. The normalized spacial score (nSPS) is 17.2. The number of ether oxygens (including phenoxy) is 1. The second-order valence-electron chi connectivity index (χ2n) is 7.32. The highest BCUT2D eigenvalue weighted by Gasteiger charge is 2.35. The molecule has 3 rings (SSSR count). The van der Waals surface area contributed by atoms with Gasteiger partial charge < -0.3 is 15.2 Å². The number of rotatable bonds is 6. The standard InChI is InChI=1S/C21H28N2O2/c1-21(2,16-24)20(23-14-12-22-13-15-23)17-8-10-19(11-9-17)25-18-6-4-3-5-7-18/h3-11,20,22,24H,12-16H2,1-2H3/t20-/m0/s1. The van der Waals surface area contributed by atoms with Gasteiger partial charge in [-0.15, -0.1) is 0 Å². The monoisotopic (exact) mass is 340 g/mol. The molecule has 0 aromatic heterocycles. The molecule has 4 heteroatoms. The number of aliphatic hydroxyl groups excluding tert-OH is 1. The maximum absolute atomic E-state index is 9.94. The Balaban J connectivity index is 1.81. The van der Waals surface area contributed by atoms with Crippen LogP contribution in [0, 0.1) is 5.41 Å². The van der Waals surface area contributed by atoms with Gasteiger partial charge >= 0.3 is 0 Å². The summed E-state index contributed by atoms with van der Waals surface area (Å²) in [5, 5.41) is 13.3. The van der Waals surface area contributed by atoms with E-state index in [0.717, 1.165) is 37.7 Å². The van der Waals surface area contributed by atoms with Crippen molar-refractivity contribution in [1.82, 2.24) is 10.2 Å². The van der Waals surface area contributed by atoms with Gasteiger partial charge in [0.05, 0.1) is 0 Å². The molecule has 1 atom stereocenters. The first kappa shape index (κ1) is 17.9. The third-order valence-corrected chi connectivity index (χ3v) is 4.84. The van der Waals surface area contributed by atoms with Gasteiger partial charge in [-0.05, 0) is 29.8 Å². The molecular formula is C21H28N2O2. The van der Waals surface area contributed by atoms with E-state index >= 15 is 0 Å². The molecule has 0 amide bonds. The molecule has 1 aliphatic heterocycles. The highest BCUT2D eigenvalue weighted by molar-refractivity contribution is 5.34. The van der Waals surface area contributed by atoms with Crippen LogP contribution in [0.1, 0.15) is 25.5 Å². The van der Waals surface area contributed by atoms with Crippen LogP contribution in [0.4, 0.5) is 0 Å². The fourth-order valence-corrected chi connectivity index (χ4v) is 3.53. The average molecular weight is 340 g/mol. The Morgan fingerprint density at radius 3 is 2.20 bits per heavy atom. The number of benzene rings is 2. The zero-order valence-electron chi connectivity index (χ0n) is 15.1. The average Bonchev–Trinajstić information content (AvgIpc) is 2.65. The number of hydrogen-bond acceptors (Lipinski definition) is 4. The molecule has 0 saturated carbocycles. The summed E-state index contributed by atoms with van der Waals surface area (Å²) in [6, 6.07) is 18.3. The summed E-state index contributed by atoms with van der Waals surface area (Å²) in [5.74, 6) is 1.67. The summed E-state index contributed by atoms with van der Waals surface area (Å²) in [4.78, 5) is 2.47.